The van der Waals surface area contributed by atoms with Crippen LogP contribution in [-0.4, -0.2) is 0 Å². The minimum atomic E-state index is 0.216. The lowest BCUT2D eigenvalue weighted by Gasteiger charge is -2.36. The zero-order valence-corrected chi connectivity index (χ0v) is 16.9. The molecule has 0 nitrogen and oxygen atoms in total. The van der Waals surface area contributed by atoms with Gasteiger partial charge in [0.25, 0.3) is 0 Å². The number of hydrogen-bond donors (Lipinski definition) is 0. The summed E-state index contributed by atoms with van der Waals surface area (Å²) in [6.45, 7) is 7.21. The molecule has 0 saturated heterocycles. The SMILES string of the molecule is CC(C)C(CC(C)(Cc1ccccc1)Cc1ccccc1)c1ccccc1. The summed E-state index contributed by atoms with van der Waals surface area (Å²) >= 11 is 0. The molecule has 1 unspecified atom stereocenters. The van der Waals surface area contributed by atoms with Crippen LogP contribution < -0.4 is 0 Å². The van der Waals surface area contributed by atoms with Crippen LogP contribution in [0.5, 0.6) is 0 Å². The molecule has 0 radical (unpaired) electrons. The van der Waals surface area contributed by atoms with E-state index >= 15 is 0 Å². The van der Waals surface area contributed by atoms with E-state index in [1.165, 1.54) is 23.1 Å². The average Bonchev–Trinajstić information content (AvgIpc) is 2.68. The summed E-state index contributed by atoms with van der Waals surface area (Å²) in [6, 6.07) is 33.0. The third-order valence-electron chi connectivity index (χ3n) is 5.69. The highest BCUT2D eigenvalue weighted by Crippen LogP contribution is 2.41. The van der Waals surface area contributed by atoms with E-state index in [1.807, 2.05) is 0 Å². The van der Waals surface area contributed by atoms with Crippen molar-refractivity contribution in [1.82, 2.24) is 0 Å². The molecule has 0 fully saturated rings. The highest BCUT2D eigenvalue weighted by atomic mass is 14.4. The van der Waals surface area contributed by atoms with Gasteiger partial charge in [0, 0.05) is 0 Å². The normalized spacial score (nSPS) is 12.9. The van der Waals surface area contributed by atoms with E-state index in [4.69, 9.17) is 0 Å². The first kappa shape index (κ1) is 19.4. The molecule has 0 aliphatic heterocycles. The molecule has 1 atom stereocenters. The summed E-state index contributed by atoms with van der Waals surface area (Å²) in [5.41, 5.74) is 4.56. The lowest BCUT2D eigenvalue weighted by molar-refractivity contribution is 0.242. The Hall–Kier alpha value is -2.34. The number of benzene rings is 3. The van der Waals surface area contributed by atoms with Gasteiger partial charge in [0.1, 0.15) is 0 Å². The van der Waals surface area contributed by atoms with Gasteiger partial charge in [0.15, 0.2) is 0 Å². The van der Waals surface area contributed by atoms with E-state index in [1.54, 1.807) is 0 Å². The summed E-state index contributed by atoms with van der Waals surface area (Å²) in [6.07, 6.45) is 3.41. The van der Waals surface area contributed by atoms with E-state index in [-0.39, 0.29) is 5.41 Å². The van der Waals surface area contributed by atoms with Crippen LogP contribution in [-0.2, 0) is 12.8 Å². The fraction of sp³-hybridized carbons (Fsp3) is 0.333. The van der Waals surface area contributed by atoms with Crippen LogP contribution in [0.2, 0.25) is 0 Å². The van der Waals surface area contributed by atoms with Crippen LogP contribution in [0.3, 0.4) is 0 Å². The van der Waals surface area contributed by atoms with Crippen LogP contribution in [0.15, 0.2) is 91.0 Å². The molecular formula is C27H32. The first-order valence-corrected chi connectivity index (χ1v) is 10.2. The molecule has 0 bridgehead atoms. The molecule has 140 valence electrons. The molecule has 3 aromatic carbocycles. The molecule has 27 heavy (non-hydrogen) atoms. The third-order valence-corrected chi connectivity index (χ3v) is 5.69. The number of hydrogen-bond acceptors (Lipinski definition) is 0. The Balaban J connectivity index is 1.90. The van der Waals surface area contributed by atoms with E-state index in [9.17, 15) is 0 Å². The molecule has 0 aromatic heterocycles. The van der Waals surface area contributed by atoms with Crippen LogP contribution in [0.4, 0.5) is 0 Å². The summed E-state index contributed by atoms with van der Waals surface area (Å²) in [5, 5.41) is 0. The predicted octanol–water partition coefficient (Wildman–Crippen LogP) is 7.31. The van der Waals surface area contributed by atoms with Crippen molar-refractivity contribution in [2.24, 2.45) is 11.3 Å². The molecule has 0 spiro atoms. The fourth-order valence-electron chi connectivity index (χ4n) is 4.35. The van der Waals surface area contributed by atoms with Gasteiger partial charge in [0.05, 0.1) is 0 Å². The highest BCUT2D eigenvalue weighted by Gasteiger charge is 2.31. The smallest absolute Gasteiger partial charge is 0.0133 e. The van der Waals surface area contributed by atoms with Gasteiger partial charge in [-0.25, -0.2) is 0 Å². The van der Waals surface area contributed by atoms with Gasteiger partial charge in [-0.05, 0) is 53.2 Å². The summed E-state index contributed by atoms with van der Waals surface area (Å²) in [7, 11) is 0. The first-order valence-electron chi connectivity index (χ1n) is 10.2. The van der Waals surface area contributed by atoms with Crippen molar-refractivity contribution < 1.29 is 0 Å². The van der Waals surface area contributed by atoms with E-state index in [0.29, 0.717) is 11.8 Å². The monoisotopic (exact) mass is 356 g/mol. The maximum Gasteiger partial charge on any atom is -0.0133 e. The van der Waals surface area contributed by atoms with Gasteiger partial charge in [-0.3, -0.25) is 0 Å². The molecule has 0 N–H and O–H groups in total. The molecule has 0 amide bonds. The molecular weight excluding hydrogens is 324 g/mol. The van der Waals surface area contributed by atoms with Crippen LogP contribution in [0, 0.1) is 11.3 Å². The third kappa shape index (κ3) is 5.57. The van der Waals surface area contributed by atoms with E-state index < -0.39 is 0 Å². The van der Waals surface area contributed by atoms with Crippen molar-refractivity contribution in [2.45, 2.75) is 46.0 Å². The summed E-state index contributed by atoms with van der Waals surface area (Å²) in [5.74, 6) is 1.20. The standard InChI is InChI=1S/C27H32/c1-22(2)26(25-17-11-6-12-18-25)21-27(3,19-23-13-7-4-8-14-23)20-24-15-9-5-10-16-24/h4-18,22,26H,19-21H2,1-3H3. The second kappa shape index (κ2) is 9.04. The molecule has 3 aromatic rings. The zero-order chi connectivity index (χ0) is 19.1. The van der Waals surface area contributed by atoms with Crippen LogP contribution in [0.25, 0.3) is 0 Å². The van der Waals surface area contributed by atoms with Crippen molar-refractivity contribution in [3.8, 4) is 0 Å². The Bertz CT molecular complexity index is 746. The maximum absolute atomic E-state index is 2.48. The second-order valence-corrected chi connectivity index (χ2v) is 8.60. The van der Waals surface area contributed by atoms with Gasteiger partial charge < -0.3 is 0 Å². The average molecular weight is 357 g/mol. The van der Waals surface area contributed by atoms with Crippen LogP contribution >= 0.6 is 0 Å². The molecule has 0 aliphatic rings. The fourth-order valence-corrected chi connectivity index (χ4v) is 4.35. The first-order chi connectivity index (χ1) is 13.1. The number of rotatable bonds is 8. The predicted molar refractivity (Wildman–Crippen MR) is 117 cm³/mol. The second-order valence-electron chi connectivity index (χ2n) is 8.60. The van der Waals surface area contributed by atoms with Crippen molar-refractivity contribution in [3.63, 3.8) is 0 Å². The van der Waals surface area contributed by atoms with E-state index in [0.717, 1.165) is 12.8 Å². The van der Waals surface area contributed by atoms with Crippen LogP contribution in [0.1, 0.15) is 49.8 Å². The Labute approximate surface area is 165 Å². The molecule has 3 rings (SSSR count). The quantitative estimate of drug-likeness (QED) is 0.397. The Kier molecular flexibility index (Phi) is 6.50. The van der Waals surface area contributed by atoms with Gasteiger partial charge >= 0.3 is 0 Å². The van der Waals surface area contributed by atoms with Crippen molar-refractivity contribution in [1.29, 1.82) is 0 Å². The van der Waals surface area contributed by atoms with Gasteiger partial charge in [-0.2, -0.15) is 0 Å². The summed E-state index contributed by atoms with van der Waals surface area (Å²) < 4.78 is 0. The van der Waals surface area contributed by atoms with Gasteiger partial charge in [-0.15, -0.1) is 0 Å². The van der Waals surface area contributed by atoms with Crippen molar-refractivity contribution in [2.75, 3.05) is 0 Å². The van der Waals surface area contributed by atoms with Gasteiger partial charge in [-0.1, -0.05) is 112 Å². The molecule has 0 saturated carbocycles. The zero-order valence-electron chi connectivity index (χ0n) is 16.9. The molecule has 0 aliphatic carbocycles. The Morgan fingerprint density at radius 2 is 1.04 bits per heavy atom. The largest absolute Gasteiger partial charge is 0.0622 e. The van der Waals surface area contributed by atoms with Gasteiger partial charge in [0.2, 0.25) is 0 Å². The Morgan fingerprint density at radius 1 is 0.630 bits per heavy atom. The van der Waals surface area contributed by atoms with E-state index in [2.05, 4.69) is 112 Å². The van der Waals surface area contributed by atoms with Crippen molar-refractivity contribution >= 4 is 0 Å². The molecule has 0 heteroatoms. The summed E-state index contributed by atoms with van der Waals surface area (Å²) in [4.78, 5) is 0. The van der Waals surface area contributed by atoms with Crippen molar-refractivity contribution in [3.05, 3.63) is 108 Å². The maximum atomic E-state index is 2.48. The minimum absolute atomic E-state index is 0.216. The highest BCUT2D eigenvalue weighted by molar-refractivity contribution is 5.24. The molecule has 0 heterocycles. The lowest BCUT2D eigenvalue weighted by Crippen LogP contribution is -2.27. The minimum Gasteiger partial charge on any atom is -0.0622 e. The lowest BCUT2D eigenvalue weighted by atomic mass is 9.69. The Morgan fingerprint density at radius 3 is 1.44 bits per heavy atom. The topological polar surface area (TPSA) is 0 Å².